The van der Waals surface area contributed by atoms with E-state index in [-0.39, 0.29) is 17.0 Å². The molecule has 2 aromatic rings. The van der Waals surface area contributed by atoms with Crippen molar-refractivity contribution in [2.24, 2.45) is 0 Å². The van der Waals surface area contributed by atoms with Gasteiger partial charge in [0, 0.05) is 0 Å². The third-order valence-electron chi connectivity index (χ3n) is 2.80. The molecule has 0 spiro atoms. The van der Waals surface area contributed by atoms with Crippen LogP contribution in [0, 0.1) is 0 Å². The van der Waals surface area contributed by atoms with Crippen LogP contribution in [0.2, 0.25) is 0 Å². The molecular weight excluding hydrogens is 279 g/mol. The van der Waals surface area contributed by atoms with Gasteiger partial charge in [0.2, 0.25) is 0 Å². The van der Waals surface area contributed by atoms with Crippen molar-refractivity contribution >= 4 is 17.9 Å². The van der Waals surface area contributed by atoms with Crippen LogP contribution in [-0.2, 0) is 0 Å². The molecule has 0 nitrogen and oxygen atoms in total. The third kappa shape index (κ3) is 2.72. The summed E-state index contributed by atoms with van der Waals surface area (Å²) in [5.74, 6) is 0. The molecular formula is C14H16BrP. The summed E-state index contributed by atoms with van der Waals surface area (Å²) < 4.78 is 0. The van der Waals surface area contributed by atoms with Crippen molar-refractivity contribution in [3.8, 4) is 0 Å². The average Bonchev–Trinajstić information content (AvgIpc) is 2.31. The third-order valence-corrected chi connectivity index (χ3v) is 5.98. The Kier molecular flexibility index (Phi) is 4.70. The first-order valence-corrected chi connectivity index (χ1v) is 7.85. The summed E-state index contributed by atoms with van der Waals surface area (Å²) in [5, 5.41) is 2.94. The first kappa shape index (κ1) is 13.4. The van der Waals surface area contributed by atoms with Crippen LogP contribution in [0.4, 0.5) is 0 Å². The smallest absolute Gasteiger partial charge is 0.0985 e. The highest BCUT2D eigenvalue weighted by molar-refractivity contribution is 7.88. The van der Waals surface area contributed by atoms with Gasteiger partial charge in [0.15, 0.2) is 0 Å². The Labute approximate surface area is 109 Å². The van der Waals surface area contributed by atoms with Crippen molar-refractivity contribution in [3.63, 3.8) is 0 Å². The molecule has 2 heteroatoms. The quantitative estimate of drug-likeness (QED) is 0.680. The second-order valence-corrected chi connectivity index (χ2v) is 8.06. The summed E-state index contributed by atoms with van der Waals surface area (Å²) >= 11 is 0. The fourth-order valence-corrected chi connectivity index (χ4v) is 3.88. The van der Waals surface area contributed by atoms with E-state index in [0.717, 1.165) is 0 Å². The van der Waals surface area contributed by atoms with Crippen molar-refractivity contribution < 1.29 is 17.0 Å². The first-order valence-electron chi connectivity index (χ1n) is 5.16. The Hall–Kier alpha value is -0.650. The molecule has 0 N–H and O–H groups in total. The number of rotatable bonds is 2. The maximum Gasteiger partial charge on any atom is 0.0985 e. The Morgan fingerprint density at radius 2 is 0.938 bits per heavy atom. The number of benzene rings is 2. The van der Waals surface area contributed by atoms with E-state index >= 15 is 0 Å². The highest BCUT2D eigenvalue weighted by Crippen LogP contribution is 2.48. The predicted octanol–water partition coefficient (Wildman–Crippen LogP) is -0.0814. The lowest BCUT2D eigenvalue weighted by Gasteiger charge is -2.17. The van der Waals surface area contributed by atoms with Gasteiger partial charge in [-0.05, 0) is 24.3 Å². The van der Waals surface area contributed by atoms with Crippen LogP contribution in [-0.4, -0.2) is 13.3 Å². The second-order valence-electron chi connectivity index (χ2n) is 4.12. The molecule has 0 radical (unpaired) electrons. The summed E-state index contributed by atoms with van der Waals surface area (Å²) in [6, 6.07) is 21.6. The Bertz CT molecular complexity index is 382. The maximum absolute atomic E-state index is 2.37. The zero-order valence-electron chi connectivity index (χ0n) is 9.60. The lowest BCUT2D eigenvalue weighted by Crippen LogP contribution is -3.00. The molecule has 0 atom stereocenters. The summed E-state index contributed by atoms with van der Waals surface area (Å²) in [6.07, 6.45) is 0. The van der Waals surface area contributed by atoms with E-state index in [9.17, 15) is 0 Å². The van der Waals surface area contributed by atoms with E-state index in [1.807, 2.05) is 0 Å². The normalized spacial score (nSPS) is 10.6. The minimum atomic E-state index is -1.15. The summed E-state index contributed by atoms with van der Waals surface area (Å²) in [4.78, 5) is 0. The monoisotopic (exact) mass is 294 g/mol. The molecule has 0 fully saturated rings. The van der Waals surface area contributed by atoms with Crippen LogP contribution in [0.5, 0.6) is 0 Å². The van der Waals surface area contributed by atoms with Crippen LogP contribution >= 0.6 is 7.26 Å². The summed E-state index contributed by atoms with van der Waals surface area (Å²) in [5.41, 5.74) is 0. The number of halogens is 1. The molecule has 0 heterocycles. The standard InChI is InChI=1S/C14H16P.BrH/c1-15(2,13-9-5-3-6-10-13)14-11-7-4-8-12-14;/h3-12H,1-2H3;1H/q+1;/p-1. The summed E-state index contributed by atoms with van der Waals surface area (Å²) in [6.45, 7) is 4.75. The molecule has 0 saturated heterocycles. The summed E-state index contributed by atoms with van der Waals surface area (Å²) in [7, 11) is -1.15. The molecule has 2 aromatic carbocycles. The zero-order valence-corrected chi connectivity index (χ0v) is 12.1. The van der Waals surface area contributed by atoms with Crippen molar-refractivity contribution in [2.75, 3.05) is 13.3 Å². The fourth-order valence-electron chi connectivity index (χ4n) is 1.75. The lowest BCUT2D eigenvalue weighted by molar-refractivity contribution is -0.00000308. The number of hydrogen-bond donors (Lipinski definition) is 0. The van der Waals surface area contributed by atoms with Crippen molar-refractivity contribution in [2.45, 2.75) is 0 Å². The van der Waals surface area contributed by atoms with Crippen LogP contribution in [0.15, 0.2) is 60.7 Å². The molecule has 0 aromatic heterocycles. The van der Waals surface area contributed by atoms with Gasteiger partial charge in [-0.2, -0.15) is 0 Å². The van der Waals surface area contributed by atoms with Crippen LogP contribution in [0.1, 0.15) is 0 Å². The predicted molar refractivity (Wildman–Crippen MR) is 70.9 cm³/mol. The topological polar surface area (TPSA) is 0 Å². The minimum absolute atomic E-state index is 0. The zero-order chi connectivity index (χ0) is 10.7. The maximum atomic E-state index is 2.37. The Balaban J connectivity index is 0.00000128. The number of hydrogen-bond acceptors (Lipinski definition) is 0. The molecule has 2 rings (SSSR count). The van der Waals surface area contributed by atoms with E-state index < -0.39 is 7.26 Å². The second kappa shape index (κ2) is 5.61. The highest BCUT2D eigenvalue weighted by Gasteiger charge is 2.30. The lowest BCUT2D eigenvalue weighted by atomic mass is 10.4. The van der Waals surface area contributed by atoms with Gasteiger partial charge < -0.3 is 17.0 Å². The first-order chi connectivity index (χ1) is 7.21. The average molecular weight is 295 g/mol. The fraction of sp³-hybridized carbons (Fsp3) is 0.143. The van der Waals surface area contributed by atoms with E-state index in [0.29, 0.717) is 0 Å². The molecule has 0 aliphatic carbocycles. The van der Waals surface area contributed by atoms with E-state index in [1.54, 1.807) is 0 Å². The van der Waals surface area contributed by atoms with Crippen molar-refractivity contribution in [1.82, 2.24) is 0 Å². The largest absolute Gasteiger partial charge is 1.00 e. The minimum Gasteiger partial charge on any atom is -1.00 e. The molecule has 0 aliphatic heterocycles. The van der Waals surface area contributed by atoms with Crippen LogP contribution < -0.4 is 27.6 Å². The molecule has 0 unspecified atom stereocenters. The van der Waals surface area contributed by atoms with E-state index in [4.69, 9.17) is 0 Å². The van der Waals surface area contributed by atoms with Gasteiger partial charge in [0.1, 0.15) is 0 Å². The van der Waals surface area contributed by atoms with Crippen molar-refractivity contribution in [3.05, 3.63) is 60.7 Å². The Morgan fingerprint density at radius 3 is 1.25 bits per heavy atom. The highest BCUT2D eigenvalue weighted by atomic mass is 79.9. The molecule has 0 saturated carbocycles. The van der Waals surface area contributed by atoms with Gasteiger partial charge in [0.25, 0.3) is 0 Å². The molecule has 0 aliphatic rings. The van der Waals surface area contributed by atoms with E-state index in [2.05, 4.69) is 74.0 Å². The molecule has 0 amide bonds. The van der Waals surface area contributed by atoms with Gasteiger partial charge in [0.05, 0.1) is 31.2 Å². The van der Waals surface area contributed by atoms with Gasteiger partial charge in [-0.25, -0.2) is 0 Å². The van der Waals surface area contributed by atoms with Crippen LogP contribution in [0.3, 0.4) is 0 Å². The molecule has 0 bridgehead atoms. The molecule has 16 heavy (non-hydrogen) atoms. The van der Waals surface area contributed by atoms with Gasteiger partial charge in [-0.3, -0.25) is 0 Å². The van der Waals surface area contributed by atoms with Crippen LogP contribution in [0.25, 0.3) is 0 Å². The van der Waals surface area contributed by atoms with E-state index in [1.165, 1.54) is 10.6 Å². The molecule has 84 valence electrons. The van der Waals surface area contributed by atoms with Gasteiger partial charge >= 0.3 is 0 Å². The van der Waals surface area contributed by atoms with Crippen molar-refractivity contribution in [1.29, 1.82) is 0 Å². The Morgan fingerprint density at radius 1 is 0.625 bits per heavy atom. The van der Waals surface area contributed by atoms with Gasteiger partial charge in [-0.15, -0.1) is 0 Å². The SMILES string of the molecule is C[P+](C)(c1ccccc1)c1ccccc1.[Br-]. The van der Waals surface area contributed by atoms with Gasteiger partial charge in [-0.1, -0.05) is 36.4 Å².